The largest absolute Gasteiger partial charge is 0.416 e. The summed E-state index contributed by atoms with van der Waals surface area (Å²) >= 11 is 6.44. The third-order valence-corrected chi connectivity index (χ3v) is 4.26. The Kier molecular flexibility index (Phi) is 3.30. The number of allylic oxidation sites excluding steroid dienone is 4. The molecule has 0 spiro atoms. The highest BCUT2D eigenvalue weighted by Gasteiger charge is 2.39. The van der Waals surface area contributed by atoms with Crippen LogP contribution >= 0.6 is 24.2 Å². The molecule has 1 heterocycles. The first kappa shape index (κ1) is 13.6. The zero-order valence-corrected chi connectivity index (χ0v) is 11.7. The van der Waals surface area contributed by atoms with E-state index >= 15 is 0 Å². The minimum absolute atomic E-state index is 0.0752. The van der Waals surface area contributed by atoms with Crippen molar-refractivity contribution >= 4 is 40.8 Å². The Morgan fingerprint density at radius 3 is 2.70 bits per heavy atom. The Bertz CT molecular complexity index is 684. The smallest absolute Gasteiger partial charge is 0.219 e. The maximum Gasteiger partial charge on any atom is 0.416 e. The van der Waals surface area contributed by atoms with Crippen LogP contribution in [-0.2, 0) is 0 Å². The van der Waals surface area contributed by atoms with Crippen molar-refractivity contribution in [3.63, 3.8) is 0 Å². The van der Waals surface area contributed by atoms with Gasteiger partial charge < -0.3 is 0 Å². The van der Waals surface area contributed by atoms with Crippen LogP contribution in [-0.4, -0.2) is 17.3 Å². The fourth-order valence-corrected chi connectivity index (χ4v) is 3.26. The van der Waals surface area contributed by atoms with E-state index in [4.69, 9.17) is 12.2 Å². The topological polar surface area (TPSA) is 12.4 Å². The van der Waals surface area contributed by atoms with Crippen molar-refractivity contribution in [2.24, 2.45) is 4.40 Å². The molecule has 1 aromatic rings. The van der Waals surface area contributed by atoms with E-state index in [0.717, 1.165) is 28.5 Å². The average Bonchev–Trinajstić information content (AvgIpc) is 2.57. The summed E-state index contributed by atoms with van der Waals surface area (Å²) in [6.45, 7) is 0. The predicted molar refractivity (Wildman–Crippen MR) is 79.1 cm³/mol. The summed E-state index contributed by atoms with van der Waals surface area (Å²) in [5.74, 6) is 0. The normalized spacial score (nSPS) is 18.4. The van der Waals surface area contributed by atoms with Crippen LogP contribution in [0.1, 0.15) is 12.0 Å². The average molecular weight is 311 g/mol. The van der Waals surface area contributed by atoms with E-state index in [-0.39, 0.29) is 12.0 Å². The standard InChI is InChI=1S/C14H8F3NS2/c15-14(16,17)10-5-6-11(19)13-8-3-1-2-4-12(8)20-18-7-9(10)13/h1-5,7H,6H2. The van der Waals surface area contributed by atoms with Crippen LogP contribution in [0.25, 0.3) is 5.57 Å². The van der Waals surface area contributed by atoms with Gasteiger partial charge in [-0.15, -0.1) is 0 Å². The maximum absolute atomic E-state index is 13.1. The van der Waals surface area contributed by atoms with E-state index in [1.807, 2.05) is 12.1 Å². The van der Waals surface area contributed by atoms with Crippen LogP contribution in [0, 0.1) is 0 Å². The molecule has 0 saturated heterocycles. The summed E-state index contributed by atoms with van der Waals surface area (Å²) in [4.78, 5) is 1.34. The van der Waals surface area contributed by atoms with E-state index in [9.17, 15) is 13.2 Å². The van der Waals surface area contributed by atoms with Crippen molar-refractivity contribution in [1.29, 1.82) is 0 Å². The number of fused-ring (bicyclic) bond motifs is 2. The van der Waals surface area contributed by atoms with Gasteiger partial charge in [0.15, 0.2) is 0 Å². The summed E-state index contributed by atoms with van der Waals surface area (Å²) in [5.41, 5.74) is 0.636. The van der Waals surface area contributed by atoms with Gasteiger partial charge >= 0.3 is 6.18 Å². The Labute approximate surface area is 123 Å². The van der Waals surface area contributed by atoms with Gasteiger partial charge in [0.05, 0.1) is 5.57 Å². The molecular formula is C14H8F3NS2. The van der Waals surface area contributed by atoms with Crippen molar-refractivity contribution < 1.29 is 13.2 Å². The Morgan fingerprint density at radius 1 is 1.20 bits per heavy atom. The van der Waals surface area contributed by atoms with Gasteiger partial charge in [0.2, 0.25) is 0 Å². The lowest BCUT2D eigenvalue weighted by Gasteiger charge is -2.22. The van der Waals surface area contributed by atoms with Crippen LogP contribution in [0.15, 0.2) is 50.8 Å². The van der Waals surface area contributed by atoms with Crippen LogP contribution in [0.5, 0.6) is 0 Å². The number of hydrogen-bond acceptors (Lipinski definition) is 3. The molecule has 0 radical (unpaired) electrons. The number of halogens is 3. The minimum Gasteiger partial charge on any atom is -0.219 e. The molecule has 0 N–H and O–H groups in total. The lowest BCUT2D eigenvalue weighted by molar-refractivity contribution is -0.0889. The number of nitrogens with zero attached hydrogens (tertiary/aromatic N) is 1. The fraction of sp³-hybridized carbons (Fsp3) is 0.143. The summed E-state index contributed by atoms with van der Waals surface area (Å²) in [7, 11) is 0. The molecule has 0 bridgehead atoms. The van der Waals surface area contributed by atoms with Crippen LogP contribution in [0.2, 0.25) is 0 Å². The number of thiocarbonyl (C=S) groups is 1. The lowest BCUT2D eigenvalue weighted by atomic mass is 9.86. The number of alkyl halides is 3. The minimum atomic E-state index is -4.40. The molecule has 102 valence electrons. The van der Waals surface area contributed by atoms with Gasteiger partial charge in [-0.25, -0.2) is 4.40 Å². The van der Waals surface area contributed by atoms with Gasteiger partial charge in [-0.3, -0.25) is 0 Å². The first-order chi connectivity index (χ1) is 9.48. The SMILES string of the molecule is FC(F)(F)C1=CCC(=S)C2=C1C=NSc1ccccc12. The van der Waals surface area contributed by atoms with E-state index in [1.165, 1.54) is 6.21 Å². The molecule has 0 fully saturated rings. The molecule has 1 aromatic carbocycles. The van der Waals surface area contributed by atoms with E-state index in [0.29, 0.717) is 10.4 Å². The van der Waals surface area contributed by atoms with Gasteiger partial charge in [0.1, 0.15) is 0 Å². The molecule has 1 nitrogen and oxygen atoms in total. The number of rotatable bonds is 0. The number of hydrogen-bond donors (Lipinski definition) is 0. The highest BCUT2D eigenvalue weighted by molar-refractivity contribution is 7.98. The van der Waals surface area contributed by atoms with Crippen LogP contribution in [0.4, 0.5) is 13.2 Å². The van der Waals surface area contributed by atoms with E-state index in [2.05, 4.69) is 4.40 Å². The molecule has 0 atom stereocenters. The summed E-state index contributed by atoms with van der Waals surface area (Å²) in [6.07, 6.45) is -1.85. The zero-order valence-electron chi connectivity index (χ0n) is 10.1. The highest BCUT2D eigenvalue weighted by Crippen LogP contribution is 2.43. The lowest BCUT2D eigenvalue weighted by Crippen LogP contribution is -2.20. The molecule has 3 rings (SSSR count). The summed E-state index contributed by atoms with van der Waals surface area (Å²) in [5, 5.41) is 0. The third kappa shape index (κ3) is 2.23. The molecule has 2 aliphatic rings. The third-order valence-electron chi connectivity index (χ3n) is 3.12. The molecule has 1 aliphatic carbocycles. The Balaban J connectivity index is 2.28. The van der Waals surface area contributed by atoms with Crippen molar-refractivity contribution in [3.8, 4) is 0 Å². The quantitative estimate of drug-likeness (QED) is 0.504. The first-order valence-corrected chi connectivity index (χ1v) is 7.01. The Morgan fingerprint density at radius 2 is 1.95 bits per heavy atom. The van der Waals surface area contributed by atoms with Gasteiger partial charge in [0, 0.05) is 45.5 Å². The molecule has 0 amide bonds. The molecule has 20 heavy (non-hydrogen) atoms. The second kappa shape index (κ2) is 4.86. The molecule has 1 aliphatic heterocycles. The first-order valence-electron chi connectivity index (χ1n) is 5.83. The molecule has 6 heteroatoms. The number of benzene rings is 1. The van der Waals surface area contributed by atoms with Crippen molar-refractivity contribution in [2.45, 2.75) is 17.5 Å². The highest BCUT2D eigenvalue weighted by atomic mass is 32.2. The van der Waals surface area contributed by atoms with E-state index < -0.39 is 11.7 Å². The van der Waals surface area contributed by atoms with Gasteiger partial charge in [-0.05, 0) is 11.6 Å². The van der Waals surface area contributed by atoms with Crippen LogP contribution in [0.3, 0.4) is 0 Å². The fourth-order valence-electron chi connectivity index (χ4n) is 2.28. The predicted octanol–water partition coefficient (Wildman–Crippen LogP) is 4.79. The van der Waals surface area contributed by atoms with Crippen molar-refractivity contribution in [3.05, 3.63) is 47.1 Å². The molecule has 0 saturated carbocycles. The zero-order chi connectivity index (χ0) is 14.3. The van der Waals surface area contributed by atoms with Crippen molar-refractivity contribution in [1.82, 2.24) is 0 Å². The van der Waals surface area contributed by atoms with Gasteiger partial charge in [0.25, 0.3) is 0 Å². The second-order valence-corrected chi connectivity index (χ2v) is 5.68. The molecule has 0 unspecified atom stereocenters. The molecule has 0 aromatic heterocycles. The monoisotopic (exact) mass is 311 g/mol. The van der Waals surface area contributed by atoms with Gasteiger partial charge in [-0.1, -0.05) is 36.5 Å². The van der Waals surface area contributed by atoms with Crippen molar-refractivity contribution in [2.75, 3.05) is 0 Å². The van der Waals surface area contributed by atoms with Gasteiger partial charge in [-0.2, -0.15) is 13.2 Å². The Hall–Kier alpha value is -1.40. The molecular weight excluding hydrogens is 303 g/mol. The summed E-state index contributed by atoms with van der Waals surface area (Å²) < 4.78 is 43.4. The summed E-state index contributed by atoms with van der Waals surface area (Å²) in [6, 6.07) is 7.25. The maximum atomic E-state index is 13.1. The van der Waals surface area contributed by atoms with Crippen LogP contribution < -0.4 is 0 Å². The van der Waals surface area contributed by atoms with E-state index in [1.54, 1.807) is 12.1 Å². The second-order valence-electron chi connectivity index (χ2n) is 4.35.